The molecule has 1 aromatic heterocycles. The number of furan rings is 1. The van der Waals surface area contributed by atoms with E-state index in [4.69, 9.17) is 4.42 Å². The largest absolute Gasteiger partial charge is 0.472 e. The highest BCUT2D eigenvalue weighted by Crippen LogP contribution is 2.32. The van der Waals surface area contributed by atoms with Crippen molar-refractivity contribution >= 4 is 11.9 Å². The summed E-state index contributed by atoms with van der Waals surface area (Å²) in [6, 6.07) is 1.87. The number of rotatable bonds is 10. The molecule has 1 aromatic rings. The summed E-state index contributed by atoms with van der Waals surface area (Å²) >= 11 is 0. The van der Waals surface area contributed by atoms with E-state index in [1.165, 1.54) is 12.8 Å². The quantitative estimate of drug-likeness (QED) is 0.409. The Morgan fingerprint density at radius 2 is 1.90 bits per heavy atom. The second-order valence-electron chi connectivity index (χ2n) is 5.88. The van der Waals surface area contributed by atoms with Gasteiger partial charge < -0.3 is 4.42 Å². The smallest absolute Gasteiger partial charge is 0.161 e. The average molecular weight is 276 g/mol. The fourth-order valence-electron chi connectivity index (χ4n) is 2.45. The highest BCUT2D eigenvalue weighted by atomic mass is 16.3. The molecular formula is C18H28O2. The van der Waals surface area contributed by atoms with E-state index in [2.05, 4.69) is 20.8 Å². The lowest BCUT2D eigenvalue weighted by Crippen LogP contribution is -2.26. The molecule has 0 bridgehead atoms. The molecule has 20 heavy (non-hydrogen) atoms. The summed E-state index contributed by atoms with van der Waals surface area (Å²) in [5.41, 5.74) is 0.746. The molecule has 2 heteroatoms. The standard InChI is InChI=1S/C18H28O2/c1-4-6-8-13-18(3,12-7-5-2)17(19)10-9-16-11-14-20-15-16/h9-11,14-15H,4-8,12-13H2,1-3H3/b10-9+. The van der Waals surface area contributed by atoms with Gasteiger partial charge in [0.25, 0.3) is 0 Å². The summed E-state index contributed by atoms with van der Waals surface area (Å²) in [7, 11) is 0. The van der Waals surface area contributed by atoms with Gasteiger partial charge in [-0.3, -0.25) is 4.79 Å². The van der Waals surface area contributed by atoms with Crippen LogP contribution in [0.2, 0.25) is 0 Å². The first kappa shape index (κ1) is 16.7. The molecule has 0 radical (unpaired) electrons. The molecule has 1 heterocycles. The van der Waals surface area contributed by atoms with Gasteiger partial charge in [0.2, 0.25) is 0 Å². The van der Waals surface area contributed by atoms with Crippen molar-refractivity contribution in [2.24, 2.45) is 5.41 Å². The Kier molecular flexibility index (Phi) is 7.35. The normalized spacial score (nSPS) is 14.6. The molecule has 0 aliphatic rings. The van der Waals surface area contributed by atoms with Crippen LogP contribution in [0, 0.1) is 5.41 Å². The maximum absolute atomic E-state index is 12.5. The average Bonchev–Trinajstić information content (AvgIpc) is 2.96. The first-order valence-corrected chi connectivity index (χ1v) is 7.87. The molecule has 0 fully saturated rings. The predicted molar refractivity (Wildman–Crippen MR) is 84.5 cm³/mol. The predicted octanol–water partition coefficient (Wildman–Crippen LogP) is 5.64. The summed E-state index contributed by atoms with van der Waals surface area (Å²) in [6.45, 7) is 6.50. The Balaban J connectivity index is 2.67. The zero-order valence-corrected chi connectivity index (χ0v) is 13.2. The molecular weight excluding hydrogens is 248 g/mol. The van der Waals surface area contributed by atoms with Crippen LogP contribution in [-0.2, 0) is 4.79 Å². The van der Waals surface area contributed by atoms with Crippen molar-refractivity contribution in [3.8, 4) is 0 Å². The minimum Gasteiger partial charge on any atom is -0.472 e. The molecule has 0 saturated heterocycles. The molecule has 1 atom stereocenters. The van der Waals surface area contributed by atoms with Crippen LogP contribution in [0.25, 0.3) is 6.08 Å². The first-order valence-electron chi connectivity index (χ1n) is 7.87. The third-order valence-electron chi connectivity index (χ3n) is 3.98. The van der Waals surface area contributed by atoms with Gasteiger partial charge in [0.1, 0.15) is 0 Å². The van der Waals surface area contributed by atoms with Crippen LogP contribution in [-0.4, -0.2) is 5.78 Å². The van der Waals surface area contributed by atoms with Gasteiger partial charge in [-0.05, 0) is 31.1 Å². The van der Waals surface area contributed by atoms with E-state index in [0.717, 1.165) is 37.7 Å². The summed E-state index contributed by atoms with van der Waals surface area (Å²) < 4.78 is 5.01. The minimum atomic E-state index is -0.203. The van der Waals surface area contributed by atoms with E-state index in [9.17, 15) is 4.79 Å². The fraction of sp³-hybridized carbons (Fsp3) is 0.611. The van der Waals surface area contributed by atoms with Crippen LogP contribution < -0.4 is 0 Å². The Morgan fingerprint density at radius 3 is 2.50 bits per heavy atom. The lowest BCUT2D eigenvalue weighted by atomic mass is 9.76. The number of carbonyl (C=O) groups is 1. The van der Waals surface area contributed by atoms with Gasteiger partial charge in [0, 0.05) is 11.0 Å². The number of hydrogen-bond acceptors (Lipinski definition) is 2. The Hall–Kier alpha value is -1.31. The van der Waals surface area contributed by atoms with Gasteiger partial charge >= 0.3 is 0 Å². The molecule has 0 aromatic carbocycles. The SMILES string of the molecule is CCCCCC(C)(CCCC)C(=O)/C=C/c1ccoc1. The summed E-state index contributed by atoms with van der Waals surface area (Å²) in [5, 5.41) is 0. The summed E-state index contributed by atoms with van der Waals surface area (Å²) in [5.74, 6) is 0.253. The third kappa shape index (κ3) is 5.36. The van der Waals surface area contributed by atoms with Crippen molar-refractivity contribution in [3.05, 3.63) is 30.2 Å². The maximum Gasteiger partial charge on any atom is 0.161 e. The van der Waals surface area contributed by atoms with Crippen LogP contribution in [0.5, 0.6) is 0 Å². The van der Waals surface area contributed by atoms with E-state index in [1.807, 2.05) is 12.1 Å². The highest BCUT2D eigenvalue weighted by molar-refractivity contribution is 5.97. The van der Waals surface area contributed by atoms with Crippen LogP contribution in [0.4, 0.5) is 0 Å². The number of unbranched alkanes of at least 4 members (excludes halogenated alkanes) is 3. The van der Waals surface area contributed by atoms with Gasteiger partial charge in [-0.1, -0.05) is 52.9 Å². The zero-order chi connectivity index (χ0) is 14.8. The van der Waals surface area contributed by atoms with Crippen molar-refractivity contribution in [2.45, 2.75) is 65.7 Å². The molecule has 0 N–H and O–H groups in total. The molecule has 1 rings (SSSR count). The second-order valence-corrected chi connectivity index (χ2v) is 5.88. The molecule has 0 aliphatic carbocycles. The highest BCUT2D eigenvalue weighted by Gasteiger charge is 2.29. The van der Waals surface area contributed by atoms with Crippen molar-refractivity contribution in [1.29, 1.82) is 0 Å². The van der Waals surface area contributed by atoms with E-state index in [1.54, 1.807) is 18.6 Å². The number of allylic oxidation sites excluding steroid dienone is 1. The van der Waals surface area contributed by atoms with E-state index in [0.29, 0.717) is 0 Å². The van der Waals surface area contributed by atoms with Crippen LogP contribution in [0.1, 0.15) is 71.3 Å². The van der Waals surface area contributed by atoms with Crippen LogP contribution in [0.3, 0.4) is 0 Å². The van der Waals surface area contributed by atoms with Crippen LogP contribution in [0.15, 0.2) is 29.1 Å². The van der Waals surface area contributed by atoms with Crippen molar-refractivity contribution in [1.82, 2.24) is 0 Å². The Bertz CT molecular complexity index is 403. The summed E-state index contributed by atoms with van der Waals surface area (Å²) in [4.78, 5) is 12.5. The lowest BCUT2D eigenvalue weighted by molar-refractivity contribution is -0.123. The molecule has 112 valence electrons. The zero-order valence-electron chi connectivity index (χ0n) is 13.2. The van der Waals surface area contributed by atoms with Gasteiger partial charge in [0.15, 0.2) is 5.78 Å². The first-order chi connectivity index (χ1) is 9.62. The molecule has 0 spiro atoms. The van der Waals surface area contributed by atoms with Crippen molar-refractivity contribution in [3.63, 3.8) is 0 Å². The van der Waals surface area contributed by atoms with E-state index in [-0.39, 0.29) is 11.2 Å². The van der Waals surface area contributed by atoms with Gasteiger partial charge in [-0.15, -0.1) is 0 Å². The molecule has 0 aliphatic heterocycles. The molecule has 2 nitrogen and oxygen atoms in total. The molecule has 0 saturated carbocycles. The van der Waals surface area contributed by atoms with Gasteiger partial charge in [0.05, 0.1) is 12.5 Å². The Labute approximate surface area is 123 Å². The number of hydrogen-bond donors (Lipinski definition) is 0. The van der Waals surface area contributed by atoms with Gasteiger partial charge in [-0.2, -0.15) is 0 Å². The number of carbonyl (C=O) groups excluding carboxylic acids is 1. The van der Waals surface area contributed by atoms with E-state index >= 15 is 0 Å². The van der Waals surface area contributed by atoms with Crippen LogP contribution >= 0.6 is 0 Å². The molecule has 0 amide bonds. The van der Waals surface area contributed by atoms with Crippen molar-refractivity contribution in [2.75, 3.05) is 0 Å². The summed E-state index contributed by atoms with van der Waals surface area (Å²) in [6.07, 6.45) is 14.7. The maximum atomic E-state index is 12.5. The third-order valence-corrected chi connectivity index (χ3v) is 3.98. The molecule has 1 unspecified atom stereocenters. The second kappa shape index (κ2) is 8.78. The fourth-order valence-corrected chi connectivity index (χ4v) is 2.45. The van der Waals surface area contributed by atoms with E-state index < -0.39 is 0 Å². The minimum absolute atomic E-state index is 0.203. The number of ketones is 1. The lowest BCUT2D eigenvalue weighted by Gasteiger charge is -2.27. The van der Waals surface area contributed by atoms with Crippen molar-refractivity contribution < 1.29 is 9.21 Å². The van der Waals surface area contributed by atoms with Gasteiger partial charge in [-0.25, -0.2) is 0 Å². The Morgan fingerprint density at radius 1 is 1.20 bits per heavy atom. The topological polar surface area (TPSA) is 30.2 Å². The monoisotopic (exact) mass is 276 g/mol.